The van der Waals surface area contributed by atoms with Gasteiger partial charge in [-0.05, 0) is 40.0 Å². The van der Waals surface area contributed by atoms with E-state index < -0.39 is 0 Å². The van der Waals surface area contributed by atoms with Crippen LogP contribution in [0, 0.1) is 5.92 Å². The number of anilines is 1. The van der Waals surface area contributed by atoms with Gasteiger partial charge >= 0.3 is 0 Å². The molecule has 1 heterocycles. The van der Waals surface area contributed by atoms with Gasteiger partial charge in [0.05, 0.1) is 0 Å². The van der Waals surface area contributed by atoms with Gasteiger partial charge in [-0.25, -0.2) is 4.98 Å². The molecule has 0 spiro atoms. The maximum atomic E-state index is 12.4. The zero-order valence-electron chi connectivity index (χ0n) is 13.7. The Morgan fingerprint density at radius 2 is 1.90 bits per heavy atom. The highest BCUT2D eigenvalue weighted by Gasteiger charge is 2.17. The lowest BCUT2D eigenvalue weighted by atomic mass is 10.0. The van der Waals surface area contributed by atoms with Crippen molar-refractivity contribution in [2.24, 2.45) is 5.92 Å². The van der Waals surface area contributed by atoms with Crippen molar-refractivity contribution in [3.05, 3.63) is 22.7 Å². The molecule has 1 unspecified atom stereocenters. The van der Waals surface area contributed by atoms with E-state index in [0.29, 0.717) is 5.82 Å². The Bertz CT molecular complexity index is 471. The zero-order valence-corrected chi connectivity index (χ0v) is 13.7. The number of nitrogens with zero attached hydrogens (tertiary/aromatic N) is 2. The molecular formula is C16H29N3O. The van der Waals surface area contributed by atoms with Crippen molar-refractivity contribution in [3.63, 3.8) is 0 Å². The minimum atomic E-state index is -0.225. The van der Waals surface area contributed by atoms with Gasteiger partial charge in [-0.2, -0.15) is 0 Å². The van der Waals surface area contributed by atoms with Gasteiger partial charge in [0.25, 0.3) is 5.56 Å². The van der Waals surface area contributed by atoms with E-state index in [4.69, 9.17) is 0 Å². The second-order valence-electron chi connectivity index (χ2n) is 6.99. The Hall–Kier alpha value is -1.32. The molecular weight excluding hydrogens is 250 g/mol. The highest BCUT2D eigenvalue weighted by atomic mass is 16.1. The van der Waals surface area contributed by atoms with Crippen LogP contribution in [0.3, 0.4) is 0 Å². The minimum absolute atomic E-state index is 0.0456. The van der Waals surface area contributed by atoms with Gasteiger partial charge in [0.15, 0.2) is 5.82 Å². The van der Waals surface area contributed by atoms with Crippen LogP contribution in [0.25, 0.3) is 0 Å². The normalized spacial score (nSPS) is 13.6. The molecule has 0 saturated heterocycles. The molecule has 0 aliphatic heterocycles. The molecule has 1 aromatic rings. The molecule has 0 fully saturated rings. The second-order valence-corrected chi connectivity index (χ2v) is 6.99. The third-order valence-corrected chi connectivity index (χ3v) is 3.37. The molecule has 0 saturated carbocycles. The molecule has 4 nitrogen and oxygen atoms in total. The monoisotopic (exact) mass is 279 g/mol. The molecule has 0 amide bonds. The van der Waals surface area contributed by atoms with Crippen LogP contribution in [-0.2, 0) is 5.54 Å². The fourth-order valence-electron chi connectivity index (χ4n) is 2.18. The molecule has 0 bridgehead atoms. The van der Waals surface area contributed by atoms with E-state index in [9.17, 15) is 4.79 Å². The third-order valence-electron chi connectivity index (χ3n) is 3.37. The maximum absolute atomic E-state index is 12.4. The smallest absolute Gasteiger partial charge is 0.293 e. The number of rotatable bonds is 6. The summed E-state index contributed by atoms with van der Waals surface area (Å²) in [5, 5.41) is 3.25. The maximum Gasteiger partial charge on any atom is 0.293 e. The average Bonchev–Trinajstić information content (AvgIpc) is 2.29. The van der Waals surface area contributed by atoms with E-state index in [0.717, 1.165) is 12.3 Å². The van der Waals surface area contributed by atoms with Gasteiger partial charge in [-0.1, -0.05) is 26.7 Å². The first-order valence-corrected chi connectivity index (χ1v) is 7.56. The van der Waals surface area contributed by atoms with Gasteiger partial charge in [-0.15, -0.1) is 0 Å². The first-order valence-electron chi connectivity index (χ1n) is 7.56. The first-order chi connectivity index (χ1) is 9.21. The molecule has 0 aliphatic carbocycles. The van der Waals surface area contributed by atoms with Crippen molar-refractivity contribution in [1.29, 1.82) is 0 Å². The van der Waals surface area contributed by atoms with Gasteiger partial charge in [0, 0.05) is 24.0 Å². The quantitative estimate of drug-likeness (QED) is 0.865. The van der Waals surface area contributed by atoms with Gasteiger partial charge in [0.1, 0.15) is 0 Å². The van der Waals surface area contributed by atoms with Crippen LogP contribution in [0.15, 0.2) is 17.2 Å². The largest absolute Gasteiger partial charge is 0.363 e. The van der Waals surface area contributed by atoms with Crippen molar-refractivity contribution in [2.75, 3.05) is 5.32 Å². The van der Waals surface area contributed by atoms with E-state index in [1.165, 1.54) is 12.8 Å². The summed E-state index contributed by atoms with van der Waals surface area (Å²) >= 11 is 0. The molecule has 114 valence electrons. The molecule has 0 aliphatic rings. The minimum Gasteiger partial charge on any atom is -0.363 e. The summed E-state index contributed by atoms with van der Waals surface area (Å²) in [6.45, 7) is 12.6. The van der Waals surface area contributed by atoms with Gasteiger partial charge in [-0.3, -0.25) is 4.79 Å². The summed E-state index contributed by atoms with van der Waals surface area (Å²) in [5.41, 5.74) is -0.271. The van der Waals surface area contributed by atoms with Crippen LogP contribution in [0.5, 0.6) is 0 Å². The lowest BCUT2D eigenvalue weighted by molar-refractivity contribution is 0.383. The number of aromatic nitrogens is 2. The summed E-state index contributed by atoms with van der Waals surface area (Å²) in [7, 11) is 0. The van der Waals surface area contributed by atoms with Crippen LogP contribution >= 0.6 is 0 Å². The standard InChI is InChI=1S/C16H29N3O/c1-12(2)8-7-9-13(3)18-14-15(20)19(11-10-17-14)16(4,5)6/h10-13H,7-9H2,1-6H3,(H,17,18). The van der Waals surface area contributed by atoms with E-state index in [-0.39, 0.29) is 17.1 Å². The Morgan fingerprint density at radius 3 is 2.45 bits per heavy atom. The summed E-state index contributed by atoms with van der Waals surface area (Å²) in [4.78, 5) is 16.6. The van der Waals surface area contributed by atoms with Crippen molar-refractivity contribution >= 4 is 5.82 Å². The number of hydrogen-bond acceptors (Lipinski definition) is 3. The van der Waals surface area contributed by atoms with Crippen molar-refractivity contribution < 1.29 is 0 Å². The summed E-state index contributed by atoms with van der Waals surface area (Å²) in [6.07, 6.45) is 6.89. The number of nitrogens with one attached hydrogen (secondary N) is 1. The van der Waals surface area contributed by atoms with E-state index in [1.54, 1.807) is 17.0 Å². The van der Waals surface area contributed by atoms with Crippen LogP contribution in [0.4, 0.5) is 5.82 Å². The van der Waals surface area contributed by atoms with Crippen LogP contribution < -0.4 is 10.9 Å². The van der Waals surface area contributed by atoms with Crippen molar-refractivity contribution in [2.45, 2.75) is 72.4 Å². The summed E-state index contributed by atoms with van der Waals surface area (Å²) < 4.78 is 1.73. The lowest BCUT2D eigenvalue weighted by Gasteiger charge is -2.23. The summed E-state index contributed by atoms with van der Waals surface area (Å²) in [6, 6.07) is 0.268. The lowest BCUT2D eigenvalue weighted by Crippen LogP contribution is -2.36. The molecule has 4 heteroatoms. The van der Waals surface area contributed by atoms with Gasteiger partial charge in [0.2, 0.25) is 0 Å². The van der Waals surface area contributed by atoms with Crippen LogP contribution in [0.2, 0.25) is 0 Å². The van der Waals surface area contributed by atoms with E-state index in [1.807, 2.05) is 20.8 Å². The molecule has 20 heavy (non-hydrogen) atoms. The molecule has 0 aromatic carbocycles. The molecule has 1 atom stereocenters. The Kier molecular flexibility index (Phi) is 5.78. The van der Waals surface area contributed by atoms with Crippen LogP contribution in [0.1, 0.15) is 60.8 Å². The molecule has 1 rings (SSSR count). The zero-order chi connectivity index (χ0) is 15.3. The fourth-order valence-corrected chi connectivity index (χ4v) is 2.18. The predicted octanol–water partition coefficient (Wildman–Crippen LogP) is 3.63. The van der Waals surface area contributed by atoms with E-state index >= 15 is 0 Å². The van der Waals surface area contributed by atoms with Gasteiger partial charge < -0.3 is 9.88 Å². The number of hydrogen-bond donors (Lipinski definition) is 1. The van der Waals surface area contributed by atoms with E-state index in [2.05, 4.69) is 31.1 Å². The average molecular weight is 279 g/mol. The molecule has 1 aromatic heterocycles. The second kappa shape index (κ2) is 6.91. The molecule has 0 radical (unpaired) electrons. The van der Waals surface area contributed by atoms with Crippen LogP contribution in [-0.4, -0.2) is 15.6 Å². The highest BCUT2D eigenvalue weighted by Crippen LogP contribution is 2.13. The fraction of sp³-hybridized carbons (Fsp3) is 0.750. The summed E-state index contributed by atoms with van der Waals surface area (Å²) in [5.74, 6) is 1.19. The SMILES string of the molecule is CC(C)CCCC(C)Nc1nccn(C(C)(C)C)c1=O. The third kappa shape index (κ3) is 4.99. The van der Waals surface area contributed by atoms with Crippen molar-refractivity contribution in [1.82, 2.24) is 9.55 Å². The van der Waals surface area contributed by atoms with Crippen molar-refractivity contribution in [3.8, 4) is 0 Å². The Labute approximate surface area is 122 Å². The Balaban J connectivity index is 2.71. The molecule has 1 N–H and O–H groups in total. The first kappa shape index (κ1) is 16.7. The Morgan fingerprint density at radius 1 is 1.25 bits per heavy atom. The predicted molar refractivity (Wildman–Crippen MR) is 85.3 cm³/mol. The topological polar surface area (TPSA) is 46.9 Å². The highest BCUT2D eigenvalue weighted by molar-refractivity contribution is 5.32.